The van der Waals surface area contributed by atoms with Crippen LogP contribution in [-0.4, -0.2) is 34.9 Å². The van der Waals surface area contributed by atoms with Crippen LogP contribution in [-0.2, 0) is 0 Å². The van der Waals surface area contributed by atoms with E-state index in [4.69, 9.17) is 11.0 Å². The highest BCUT2D eigenvalue weighted by atomic mass is 16.4. The number of rotatable bonds is 3. The van der Waals surface area contributed by atoms with Gasteiger partial charge in [-0.05, 0) is 18.4 Å². The lowest BCUT2D eigenvalue weighted by molar-refractivity contribution is 0.282. The Morgan fingerprint density at radius 1 is 1.24 bits per heavy atom. The molecule has 0 atom stereocenters. The normalized spacial score (nSPS) is 15.7. The maximum absolute atomic E-state index is 6.96. The summed E-state index contributed by atoms with van der Waals surface area (Å²) >= 11 is 0. The van der Waals surface area contributed by atoms with Crippen molar-refractivity contribution in [2.75, 3.05) is 19.8 Å². The molecule has 1 aromatic carbocycles. The predicted molar refractivity (Wildman–Crippen MR) is 79.0 cm³/mol. The van der Waals surface area contributed by atoms with Gasteiger partial charge in [-0.3, -0.25) is 4.85 Å². The second kappa shape index (κ2) is 6.33. The Balaban J connectivity index is 1.94. The molecule has 5 nitrogen and oxygen atoms in total. The topological polar surface area (TPSA) is 46.5 Å². The Bertz CT molecular complexity index is 645. The van der Waals surface area contributed by atoms with E-state index in [1.165, 1.54) is 12.0 Å². The summed E-state index contributed by atoms with van der Waals surface area (Å²) in [6.45, 7) is 9.25. The van der Waals surface area contributed by atoms with Crippen LogP contribution in [0, 0.1) is 6.57 Å². The van der Waals surface area contributed by atoms with Crippen molar-refractivity contribution in [1.29, 1.82) is 0 Å². The minimum absolute atomic E-state index is 0.481. The van der Waals surface area contributed by atoms with E-state index in [0.29, 0.717) is 12.6 Å². The molecule has 0 saturated carbocycles. The van der Waals surface area contributed by atoms with Crippen molar-refractivity contribution in [3.8, 4) is 0 Å². The molecule has 0 bridgehead atoms. The lowest BCUT2D eigenvalue weighted by Gasteiger charge is -2.25. The third-order valence-electron chi connectivity index (χ3n) is 3.72. The molecule has 0 N–H and O–H groups in total. The van der Waals surface area contributed by atoms with E-state index in [1.54, 1.807) is 0 Å². The molecule has 2 heterocycles. The van der Waals surface area contributed by atoms with Crippen LogP contribution in [0.4, 0.5) is 0 Å². The summed E-state index contributed by atoms with van der Waals surface area (Å²) in [5, 5.41) is 7.89. The molecule has 1 aromatic heterocycles. The van der Waals surface area contributed by atoms with Gasteiger partial charge >= 0.3 is 0 Å². The van der Waals surface area contributed by atoms with Crippen LogP contribution in [0.5, 0.6) is 0 Å². The third kappa shape index (κ3) is 3.01. The Labute approximate surface area is 123 Å². The molecule has 0 aliphatic carbocycles. The number of likely N-dealkylation sites (tertiary alicyclic amines) is 1. The molecule has 1 fully saturated rings. The highest BCUT2D eigenvalue weighted by molar-refractivity contribution is 5.78. The average Bonchev–Trinajstić information content (AvgIpc) is 3.05. The van der Waals surface area contributed by atoms with Crippen LogP contribution in [0.2, 0.25) is 0 Å². The van der Waals surface area contributed by atoms with Crippen LogP contribution in [0.25, 0.3) is 10.4 Å². The van der Waals surface area contributed by atoms with E-state index in [0.717, 1.165) is 37.1 Å². The van der Waals surface area contributed by atoms with E-state index in [9.17, 15) is 0 Å². The number of piperidine rings is 1. The van der Waals surface area contributed by atoms with Gasteiger partial charge in [-0.1, -0.05) is 35.9 Å². The predicted octanol–water partition coefficient (Wildman–Crippen LogP) is 2.84. The van der Waals surface area contributed by atoms with Gasteiger partial charge in [0.15, 0.2) is 0 Å². The second-order valence-electron chi connectivity index (χ2n) is 5.01. The van der Waals surface area contributed by atoms with Crippen molar-refractivity contribution in [1.82, 2.24) is 15.1 Å². The van der Waals surface area contributed by atoms with E-state index < -0.39 is 0 Å². The molecular formula is C16H16N4O. The highest BCUT2D eigenvalue weighted by Crippen LogP contribution is 2.31. The van der Waals surface area contributed by atoms with E-state index in [1.807, 2.05) is 18.2 Å². The van der Waals surface area contributed by atoms with E-state index in [2.05, 4.69) is 32.1 Å². The van der Waals surface area contributed by atoms with Crippen molar-refractivity contribution in [2.45, 2.75) is 12.8 Å². The molecule has 5 heteroatoms. The number of nitrogens with zero attached hydrogens (tertiary/aromatic N) is 4. The van der Waals surface area contributed by atoms with Crippen molar-refractivity contribution < 1.29 is 4.42 Å². The zero-order valence-corrected chi connectivity index (χ0v) is 11.7. The molecule has 106 valence electrons. The van der Waals surface area contributed by atoms with Gasteiger partial charge in [0.05, 0.1) is 0 Å². The third-order valence-corrected chi connectivity index (χ3v) is 3.72. The Hall–Kier alpha value is -2.45. The smallest absolute Gasteiger partial charge is 0.270 e. The van der Waals surface area contributed by atoms with Crippen LogP contribution in [0.1, 0.15) is 24.3 Å². The molecule has 1 saturated heterocycles. The van der Waals surface area contributed by atoms with Gasteiger partial charge < -0.3 is 4.42 Å². The lowest BCUT2D eigenvalue weighted by Crippen LogP contribution is -2.30. The van der Waals surface area contributed by atoms with Crippen molar-refractivity contribution in [3.63, 3.8) is 0 Å². The van der Waals surface area contributed by atoms with Crippen molar-refractivity contribution in [2.24, 2.45) is 0 Å². The molecule has 21 heavy (non-hydrogen) atoms. The molecule has 1 aliphatic rings. The zero-order valence-electron chi connectivity index (χ0n) is 11.7. The standard InChI is InChI=1S/C16H16N4O/c1-17-11-20-9-7-14(8-10-20)15(16-19-18-12-21-16)13-5-3-2-4-6-13/h2-6,12H,7-11H2. The lowest BCUT2D eigenvalue weighted by atomic mass is 9.93. The number of hydrogen-bond donors (Lipinski definition) is 0. The van der Waals surface area contributed by atoms with Crippen molar-refractivity contribution >= 4 is 5.57 Å². The minimum atomic E-state index is 0.481. The maximum atomic E-state index is 6.96. The van der Waals surface area contributed by atoms with Gasteiger partial charge in [0.25, 0.3) is 6.67 Å². The van der Waals surface area contributed by atoms with Crippen molar-refractivity contribution in [3.05, 3.63) is 65.2 Å². The fourth-order valence-electron chi connectivity index (χ4n) is 2.68. The summed E-state index contributed by atoms with van der Waals surface area (Å²) in [5.41, 5.74) is 3.48. The molecule has 0 spiro atoms. The molecule has 2 aromatic rings. The fraction of sp³-hybridized carbons (Fsp3) is 0.312. The highest BCUT2D eigenvalue weighted by Gasteiger charge is 2.22. The first-order valence-corrected chi connectivity index (χ1v) is 6.98. The first-order chi connectivity index (χ1) is 10.4. The van der Waals surface area contributed by atoms with Gasteiger partial charge in [-0.2, -0.15) is 0 Å². The molecule has 0 radical (unpaired) electrons. The Kier molecular flexibility index (Phi) is 4.08. The van der Waals surface area contributed by atoms with Crippen LogP contribution in [0.3, 0.4) is 0 Å². The monoisotopic (exact) mass is 280 g/mol. The Morgan fingerprint density at radius 3 is 2.62 bits per heavy atom. The van der Waals surface area contributed by atoms with Gasteiger partial charge in [0.2, 0.25) is 12.3 Å². The van der Waals surface area contributed by atoms with Crippen LogP contribution >= 0.6 is 0 Å². The van der Waals surface area contributed by atoms with E-state index in [-0.39, 0.29) is 0 Å². The molecule has 1 aliphatic heterocycles. The largest absolute Gasteiger partial charge is 0.423 e. The summed E-state index contributed by atoms with van der Waals surface area (Å²) in [6.07, 6.45) is 3.23. The quantitative estimate of drug-likeness (QED) is 0.811. The minimum Gasteiger partial charge on any atom is -0.423 e. The number of aromatic nitrogens is 2. The van der Waals surface area contributed by atoms with Crippen LogP contribution in [0.15, 0.2) is 46.7 Å². The molecule has 0 unspecified atom stereocenters. The summed E-state index contributed by atoms with van der Waals surface area (Å²) in [6, 6.07) is 10.2. The van der Waals surface area contributed by atoms with Gasteiger partial charge in [-0.25, -0.2) is 11.5 Å². The SMILES string of the molecule is [C-]#[N+]CN1CCC(=C(c2ccccc2)c2nnco2)CC1. The summed E-state index contributed by atoms with van der Waals surface area (Å²) in [5.74, 6) is 0.579. The van der Waals surface area contributed by atoms with Gasteiger partial charge in [-0.15, -0.1) is 10.2 Å². The molecule has 3 rings (SSSR count). The molecule has 0 amide bonds. The second-order valence-corrected chi connectivity index (χ2v) is 5.01. The maximum Gasteiger partial charge on any atom is 0.270 e. The average molecular weight is 280 g/mol. The summed E-state index contributed by atoms with van der Waals surface area (Å²) in [7, 11) is 0. The van der Waals surface area contributed by atoms with E-state index >= 15 is 0 Å². The zero-order chi connectivity index (χ0) is 14.5. The summed E-state index contributed by atoms with van der Waals surface area (Å²) in [4.78, 5) is 5.63. The number of benzene rings is 1. The Morgan fingerprint density at radius 2 is 2.00 bits per heavy atom. The first-order valence-electron chi connectivity index (χ1n) is 6.98. The number of hydrogen-bond acceptors (Lipinski definition) is 4. The first kappa shape index (κ1) is 13.5. The summed E-state index contributed by atoms with van der Waals surface area (Å²) < 4.78 is 5.44. The fourth-order valence-corrected chi connectivity index (χ4v) is 2.68. The molecular weight excluding hydrogens is 264 g/mol. The van der Waals surface area contributed by atoms with Crippen LogP contribution < -0.4 is 0 Å². The van der Waals surface area contributed by atoms with Gasteiger partial charge in [0, 0.05) is 18.7 Å². The van der Waals surface area contributed by atoms with Gasteiger partial charge in [0.1, 0.15) is 0 Å².